The van der Waals surface area contributed by atoms with E-state index in [1.54, 1.807) is 12.1 Å². The predicted octanol–water partition coefficient (Wildman–Crippen LogP) is 4.03. The van der Waals surface area contributed by atoms with E-state index < -0.39 is 23.6 Å². The largest absolute Gasteiger partial charge is 0.480 e. The van der Waals surface area contributed by atoms with Gasteiger partial charge in [0.05, 0.1) is 23.2 Å². The molecule has 5 nitrogen and oxygen atoms in total. The van der Waals surface area contributed by atoms with Gasteiger partial charge in [-0.15, -0.1) is 0 Å². The fraction of sp³-hybridized carbons (Fsp3) is 0.250. The lowest BCUT2D eigenvalue weighted by Gasteiger charge is -2.25. The molecule has 1 aliphatic heterocycles. The van der Waals surface area contributed by atoms with Gasteiger partial charge in [-0.05, 0) is 45.8 Å². The van der Waals surface area contributed by atoms with Crippen LogP contribution in [0, 0.1) is 5.82 Å². The highest BCUT2D eigenvalue weighted by atomic mass is 79.9. The van der Waals surface area contributed by atoms with E-state index in [-0.39, 0.29) is 18.0 Å². The first-order valence-electron chi connectivity index (χ1n) is 7.33. The molecule has 10 heteroatoms. The molecule has 0 bridgehead atoms. The number of ether oxygens (including phenoxy) is 1. The molecule has 0 radical (unpaired) electrons. The van der Waals surface area contributed by atoms with Crippen molar-refractivity contribution in [3.05, 3.63) is 57.4 Å². The van der Waals surface area contributed by atoms with Crippen LogP contribution >= 0.6 is 15.9 Å². The van der Waals surface area contributed by atoms with E-state index in [0.717, 1.165) is 12.1 Å². The van der Waals surface area contributed by atoms with E-state index in [1.165, 1.54) is 13.2 Å². The van der Waals surface area contributed by atoms with Crippen molar-refractivity contribution in [2.45, 2.75) is 12.2 Å². The molecule has 2 heterocycles. The zero-order chi connectivity index (χ0) is 18.9. The predicted molar refractivity (Wildman–Crippen MR) is 88.3 cm³/mol. The number of nitrogens with one attached hydrogen (secondary N) is 1. The van der Waals surface area contributed by atoms with Crippen LogP contribution in [-0.2, 0) is 11.0 Å². The van der Waals surface area contributed by atoms with Gasteiger partial charge >= 0.3 is 6.18 Å². The molecule has 0 aliphatic carbocycles. The molecule has 0 saturated carbocycles. The first-order chi connectivity index (χ1) is 12.3. The van der Waals surface area contributed by atoms with Crippen LogP contribution < -0.4 is 10.1 Å². The molecule has 1 atom stereocenters. The van der Waals surface area contributed by atoms with Crippen LogP contribution in [0.5, 0.6) is 5.88 Å². The minimum Gasteiger partial charge on any atom is -0.480 e. The number of halogens is 5. The number of aromatic nitrogens is 1. The van der Waals surface area contributed by atoms with E-state index in [9.17, 15) is 17.6 Å². The maximum absolute atomic E-state index is 13.5. The highest BCUT2D eigenvalue weighted by molar-refractivity contribution is 9.10. The number of oxime groups is 1. The maximum atomic E-state index is 13.5. The van der Waals surface area contributed by atoms with E-state index in [4.69, 9.17) is 9.57 Å². The number of benzene rings is 1. The summed E-state index contributed by atoms with van der Waals surface area (Å²) >= 11 is 3.28. The Hall–Kier alpha value is -2.36. The number of rotatable bonds is 3. The molecule has 1 aromatic carbocycles. The molecule has 1 aliphatic rings. The van der Waals surface area contributed by atoms with Gasteiger partial charge in [0.1, 0.15) is 18.1 Å². The summed E-state index contributed by atoms with van der Waals surface area (Å²) in [5.41, 5.74) is -0.729. The minimum absolute atomic E-state index is 0.0138. The average molecular weight is 434 g/mol. The molecule has 26 heavy (non-hydrogen) atoms. The fourth-order valence-corrected chi connectivity index (χ4v) is 2.77. The summed E-state index contributed by atoms with van der Waals surface area (Å²) < 4.78 is 58.0. The lowest BCUT2D eigenvalue weighted by Crippen LogP contribution is -2.36. The molecule has 1 aromatic heterocycles. The van der Waals surface area contributed by atoms with Crippen LogP contribution in [0.2, 0.25) is 0 Å². The summed E-state index contributed by atoms with van der Waals surface area (Å²) in [6, 6.07) is 5.48. The van der Waals surface area contributed by atoms with Crippen LogP contribution in [0.1, 0.15) is 22.9 Å². The van der Waals surface area contributed by atoms with Crippen LogP contribution in [0.3, 0.4) is 0 Å². The van der Waals surface area contributed by atoms with Gasteiger partial charge in [-0.25, -0.2) is 9.37 Å². The molecular formula is C16H12BrF4N3O2. The number of pyridine rings is 1. The van der Waals surface area contributed by atoms with Crippen LogP contribution in [0.4, 0.5) is 17.6 Å². The number of hydrogen-bond acceptors (Lipinski definition) is 5. The van der Waals surface area contributed by atoms with Crippen molar-refractivity contribution in [1.82, 2.24) is 10.3 Å². The first kappa shape index (κ1) is 18.4. The van der Waals surface area contributed by atoms with Crippen molar-refractivity contribution in [2.75, 3.05) is 13.7 Å². The zero-order valence-corrected chi connectivity index (χ0v) is 14.9. The molecule has 0 amide bonds. The Bertz CT molecular complexity index is 858. The fourth-order valence-electron chi connectivity index (χ4n) is 2.39. The van der Waals surface area contributed by atoms with Gasteiger partial charge < -0.3 is 14.9 Å². The summed E-state index contributed by atoms with van der Waals surface area (Å²) in [4.78, 5) is 9.35. The summed E-state index contributed by atoms with van der Waals surface area (Å²) in [7, 11) is 1.45. The number of methoxy groups -OCH3 is 1. The summed E-state index contributed by atoms with van der Waals surface area (Å²) in [6.45, 7) is -0.0138. The summed E-state index contributed by atoms with van der Waals surface area (Å²) in [5.74, 6) is -0.786. The van der Waals surface area contributed by atoms with E-state index in [1.807, 2.05) is 0 Å². The quantitative estimate of drug-likeness (QED) is 0.742. The second-order valence-electron chi connectivity index (χ2n) is 5.36. The third-order valence-corrected chi connectivity index (χ3v) is 4.26. The van der Waals surface area contributed by atoms with Crippen LogP contribution in [-0.4, -0.2) is 24.5 Å². The maximum Gasteiger partial charge on any atom is 0.419 e. The third-order valence-electron chi connectivity index (χ3n) is 3.66. The van der Waals surface area contributed by atoms with E-state index >= 15 is 0 Å². The lowest BCUT2D eigenvalue weighted by molar-refractivity contribution is -0.140. The normalized spacial score (nSPS) is 17.2. The van der Waals surface area contributed by atoms with Crippen molar-refractivity contribution >= 4 is 21.8 Å². The second-order valence-corrected chi connectivity index (χ2v) is 6.21. The topological polar surface area (TPSA) is 55.7 Å². The SMILES string of the molecule is COc1nc(C2=NOCC(c3ccc(F)c(C(F)(F)F)c3)N2)ccc1Br. The van der Waals surface area contributed by atoms with Gasteiger partial charge in [0.15, 0.2) is 5.84 Å². The van der Waals surface area contributed by atoms with E-state index in [0.29, 0.717) is 16.0 Å². The molecular weight excluding hydrogens is 422 g/mol. The molecule has 1 unspecified atom stereocenters. The molecule has 3 rings (SSSR count). The van der Waals surface area contributed by atoms with Crippen molar-refractivity contribution in [1.29, 1.82) is 0 Å². The summed E-state index contributed by atoms with van der Waals surface area (Å²) in [6.07, 6.45) is -4.78. The third kappa shape index (κ3) is 3.74. The highest BCUT2D eigenvalue weighted by Crippen LogP contribution is 2.33. The Morgan fingerprint density at radius 2 is 2.04 bits per heavy atom. The molecule has 138 valence electrons. The molecule has 0 fully saturated rings. The molecule has 0 spiro atoms. The number of nitrogens with zero attached hydrogens (tertiary/aromatic N) is 2. The van der Waals surface area contributed by atoms with Crippen LogP contribution in [0.15, 0.2) is 40.0 Å². The van der Waals surface area contributed by atoms with Crippen LogP contribution in [0.25, 0.3) is 0 Å². The van der Waals surface area contributed by atoms with Crippen molar-refractivity contribution in [3.8, 4) is 5.88 Å². The van der Waals surface area contributed by atoms with Gasteiger partial charge in [0.2, 0.25) is 5.88 Å². The Labute approximate surface area is 154 Å². The van der Waals surface area contributed by atoms with Gasteiger partial charge in [-0.3, -0.25) is 0 Å². The first-order valence-corrected chi connectivity index (χ1v) is 8.13. The molecule has 1 N–H and O–H groups in total. The standard InChI is InChI=1S/C16H12BrF4N3O2/c1-25-15-10(17)3-5-12(23-15)14-22-13(7-26-24-14)8-2-4-11(18)9(6-8)16(19,20)21/h2-6,13H,7H2,1H3,(H,22,24). The van der Waals surface area contributed by atoms with Crippen molar-refractivity contribution in [3.63, 3.8) is 0 Å². The van der Waals surface area contributed by atoms with E-state index in [2.05, 4.69) is 31.4 Å². The highest BCUT2D eigenvalue weighted by Gasteiger charge is 2.35. The lowest BCUT2D eigenvalue weighted by atomic mass is 10.0. The Morgan fingerprint density at radius 3 is 2.73 bits per heavy atom. The second kappa shape index (κ2) is 7.10. The minimum atomic E-state index is -4.78. The number of amidine groups is 1. The monoisotopic (exact) mass is 433 g/mol. The van der Waals surface area contributed by atoms with Crippen molar-refractivity contribution < 1.29 is 27.1 Å². The molecule has 2 aromatic rings. The Morgan fingerprint density at radius 1 is 1.27 bits per heavy atom. The average Bonchev–Trinajstić information content (AvgIpc) is 2.61. The zero-order valence-electron chi connectivity index (χ0n) is 13.3. The Balaban J connectivity index is 1.88. The molecule has 0 saturated heterocycles. The Kier molecular flexibility index (Phi) is 5.03. The number of hydrogen-bond donors (Lipinski definition) is 1. The smallest absolute Gasteiger partial charge is 0.419 e. The summed E-state index contributed by atoms with van der Waals surface area (Å²) in [5, 5.41) is 6.80. The van der Waals surface area contributed by atoms with Gasteiger partial charge in [0.25, 0.3) is 0 Å². The van der Waals surface area contributed by atoms with Gasteiger partial charge in [-0.1, -0.05) is 11.2 Å². The number of alkyl halides is 3. The van der Waals surface area contributed by atoms with Gasteiger partial charge in [-0.2, -0.15) is 13.2 Å². The van der Waals surface area contributed by atoms with Crippen molar-refractivity contribution in [2.24, 2.45) is 5.16 Å². The van der Waals surface area contributed by atoms with Gasteiger partial charge in [0, 0.05) is 0 Å².